The summed E-state index contributed by atoms with van der Waals surface area (Å²) in [4.78, 5) is 0. The zero-order valence-electron chi connectivity index (χ0n) is 13.2. The van der Waals surface area contributed by atoms with E-state index >= 15 is 0 Å². The molecular weight excluding hydrogens is 254 g/mol. The number of benzene rings is 2. The van der Waals surface area contributed by atoms with Gasteiger partial charge in [-0.25, -0.2) is 0 Å². The van der Waals surface area contributed by atoms with Crippen LogP contribution < -0.4 is 0 Å². The summed E-state index contributed by atoms with van der Waals surface area (Å²) in [5.41, 5.74) is 8.74. The average molecular weight is 275 g/mol. The van der Waals surface area contributed by atoms with Crippen LogP contribution in [0.25, 0.3) is 22.2 Å². The molecule has 0 saturated heterocycles. The summed E-state index contributed by atoms with van der Waals surface area (Å²) >= 11 is 0. The zero-order valence-corrected chi connectivity index (χ0v) is 13.2. The first-order chi connectivity index (χ1) is 9.97. The highest BCUT2D eigenvalue weighted by molar-refractivity contribution is 5.95. The number of nitrogens with zero attached hydrogens (tertiary/aromatic N) is 1. The first-order valence-corrected chi connectivity index (χ1v) is 7.67. The van der Waals surface area contributed by atoms with Gasteiger partial charge in [-0.1, -0.05) is 51.1 Å². The van der Waals surface area contributed by atoms with E-state index in [0.29, 0.717) is 0 Å². The van der Waals surface area contributed by atoms with Crippen LogP contribution in [0.15, 0.2) is 42.5 Å². The van der Waals surface area contributed by atoms with E-state index in [1.807, 2.05) is 0 Å². The van der Waals surface area contributed by atoms with Crippen molar-refractivity contribution in [2.24, 2.45) is 7.05 Å². The molecule has 1 aliphatic carbocycles. The first kappa shape index (κ1) is 12.7. The number of aromatic nitrogens is 1. The number of fused-ring (bicyclic) bond motifs is 5. The number of hydrogen-bond donors (Lipinski definition) is 0. The van der Waals surface area contributed by atoms with Crippen molar-refractivity contribution < 1.29 is 0 Å². The van der Waals surface area contributed by atoms with Gasteiger partial charge in [-0.2, -0.15) is 0 Å². The highest BCUT2D eigenvalue weighted by atomic mass is 15.0. The van der Waals surface area contributed by atoms with Crippen molar-refractivity contribution in [1.82, 2.24) is 4.57 Å². The SMILES string of the molecule is Cn1c2c(c3cc(C(C)(C)C)ccc31)Cc1ccccc1-2. The largest absolute Gasteiger partial charge is 0.343 e. The lowest BCUT2D eigenvalue weighted by molar-refractivity contribution is 0.591. The third-order valence-electron chi connectivity index (χ3n) is 4.81. The Labute approximate surface area is 126 Å². The molecule has 0 aliphatic heterocycles. The Kier molecular flexibility index (Phi) is 2.42. The van der Waals surface area contributed by atoms with Crippen molar-refractivity contribution in [2.75, 3.05) is 0 Å². The molecule has 0 amide bonds. The summed E-state index contributed by atoms with van der Waals surface area (Å²) in [6, 6.07) is 15.8. The topological polar surface area (TPSA) is 4.93 Å². The Morgan fingerprint density at radius 2 is 1.76 bits per heavy atom. The second-order valence-electron chi connectivity index (χ2n) is 7.20. The van der Waals surface area contributed by atoms with Crippen molar-refractivity contribution in [1.29, 1.82) is 0 Å². The molecule has 3 aromatic rings. The lowest BCUT2D eigenvalue weighted by atomic mass is 9.86. The van der Waals surface area contributed by atoms with Crippen molar-refractivity contribution in [3.63, 3.8) is 0 Å². The fourth-order valence-corrected chi connectivity index (χ4v) is 3.61. The van der Waals surface area contributed by atoms with E-state index in [2.05, 4.69) is 74.9 Å². The minimum absolute atomic E-state index is 0.197. The molecule has 1 aromatic heterocycles. The van der Waals surface area contributed by atoms with Gasteiger partial charge in [0, 0.05) is 29.9 Å². The summed E-state index contributed by atoms with van der Waals surface area (Å²) in [6.07, 6.45) is 1.07. The van der Waals surface area contributed by atoms with E-state index in [1.54, 1.807) is 0 Å². The van der Waals surface area contributed by atoms with Gasteiger partial charge in [0.1, 0.15) is 0 Å². The van der Waals surface area contributed by atoms with Gasteiger partial charge < -0.3 is 4.57 Å². The Hall–Kier alpha value is -2.02. The maximum atomic E-state index is 2.40. The highest BCUT2D eigenvalue weighted by Crippen LogP contribution is 2.42. The van der Waals surface area contributed by atoms with Gasteiger partial charge in [-0.15, -0.1) is 0 Å². The molecule has 0 radical (unpaired) electrons. The van der Waals surface area contributed by atoms with E-state index in [-0.39, 0.29) is 5.41 Å². The lowest BCUT2D eigenvalue weighted by Gasteiger charge is -2.19. The molecule has 1 heterocycles. The first-order valence-electron chi connectivity index (χ1n) is 7.67. The molecule has 4 rings (SSSR count). The molecule has 0 N–H and O–H groups in total. The molecule has 0 fully saturated rings. The minimum Gasteiger partial charge on any atom is -0.343 e. The number of aryl methyl sites for hydroxylation is 1. The molecular formula is C20H21N. The second kappa shape index (κ2) is 4.00. The van der Waals surface area contributed by atoms with Crippen LogP contribution in [-0.2, 0) is 18.9 Å². The number of hydrogen-bond acceptors (Lipinski definition) is 0. The van der Waals surface area contributed by atoms with Crippen LogP contribution in [0.2, 0.25) is 0 Å². The maximum Gasteiger partial charge on any atom is 0.0527 e. The third kappa shape index (κ3) is 1.70. The summed E-state index contributed by atoms with van der Waals surface area (Å²) in [7, 11) is 2.19. The minimum atomic E-state index is 0.197. The van der Waals surface area contributed by atoms with Gasteiger partial charge in [0.25, 0.3) is 0 Å². The van der Waals surface area contributed by atoms with Crippen LogP contribution in [0, 0.1) is 0 Å². The Bertz CT molecular complexity index is 859. The predicted molar refractivity (Wildman–Crippen MR) is 89.9 cm³/mol. The fraction of sp³-hybridized carbons (Fsp3) is 0.300. The molecule has 1 aliphatic rings. The van der Waals surface area contributed by atoms with Gasteiger partial charge >= 0.3 is 0 Å². The van der Waals surface area contributed by atoms with E-state index < -0.39 is 0 Å². The van der Waals surface area contributed by atoms with Crippen LogP contribution in [-0.4, -0.2) is 4.57 Å². The quantitative estimate of drug-likeness (QED) is 0.423. The van der Waals surface area contributed by atoms with Gasteiger partial charge in [0.15, 0.2) is 0 Å². The van der Waals surface area contributed by atoms with Crippen molar-refractivity contribution in [3.8, 4) is 11.3 Å². The third-order valence-corrected chi connectivity index (χ3v) is 4.81. The van der Waals surface area contributed by atoms with E-state index in [0.717, 1.165) is 6.42 Å². The molecule has 1 nitrogen and oxygen atoms in total. The number of rotatable bonds is 0. The summed E-state index contributed by atoms with van der Waals surface area (Å²) in [5.74, 6) is 0. The van der Waals surface area contributed by atoms with Crippen LogP contribution in [0.1, 0.15) is 37.5 Å². The molecule has 1 heteroatoms. The molecule has 21 heavy (non-hydrogen) atoms. The maximum absolute atomic E-state index is 2.40. The summed E-state index contributed by atoms with van der Waals surface area (Å²) < 4.78 is 2.36. The average Bonchev–Trinajstić information content (AvgIpc) is 2.95. The normalized spacial score (nSPS) is 13.5. The standard InChI is InChI=1S/C20H21N/c1-20(2,3)14-9-10-18-16(12-14)17-11-13-7-5-6-8-15(13)19(17)21(18)4/h5-10,12H,11H2,1-4H3. The summed E-state index contributed by atoms with van der Waals surface area (Å²) in [6.45, 7) is 6.85. The monoisotopic (exact) mass is 275 g/mol. The fourth-order valence-electron chi connectivity index (χ4n) is 3.61. The molecule has 0 atom stereocenters. The van der Waals surface area contributed by atoms with Gasteiger partial charge in [0.05, 0.1) is 5.69 Å². The smallest absolute Gasteiger partial charge is 0.0527 e. The summed E-state index contributed by atoms with van der Waals surface area (Å²) in [5, 5.41) is 1.43. The van der Waals surface area contributed by atoms with Gasteiger partial charge in [-0.3, -0.25) is 0 Å². The molecule has 0 saturated carbocycles. The van der Waals surface area contributed by atoms with Crippen molar-refractivity contribution >= 4 is 10.9 Å². The van der Waals surface area contributed by atoms with E-state index in [1.165, 1.54) is 38.9 Å². The van der Waals surface area contributed by atoms with E-state index in [4.69, 9.17) is 0 Å². The van der Waals surface area contributed by atoms with Crippen LogP contribution in [0.3, 0.4) is 0 Å². The molecule has 0 bridgehead atoms. The van der Waals surface area contributed by atoms with Crippen LogP contribution >= 0.6 is 0 Å². The van der Waals surface area contributed by atoms with Crippen LogP contribution in [0.4, 0.5) is 0 Å². The van der Waals surface area contributed by atoms with Crippen molar-refractivity contribution in [3.05, 3.63) is 59.2 Å². The predicted octanol–water partition coefficient (Wildman–Crippen LogP) is 5.05. The molecule has 2 aromatic carbocycles. The van der Waals surface area contributed by atoms with Crippen LogP contribution in [0.5, 0.6) is 0 Å². The van der Waals surface area contributed by atoms with Gasteiger partial charge in [0.2, 0.25) is 0 Å². The Morgan fingerprint density at radius 1 is 1.00 bits per heavy atom. The Balaban J connectivity index is 2.04. The second-order valence-corrected chi connectivity index (χ2v) is 7.20. The molecule has 106 valence electrons. The zero-order chi connectivity index (χ0) is 14.8. The molecule has 0 spiro atoms. The Morgan fingerprint density at radius 3 is 2.52 bits per heavy atom. The lowest BCUT2D eigenvalue weighted by Crippen LogP contribution is -2.10. The van der Waals surface area contributed by atoms with Crippen molar-refractivity contribution in [2.45, 2.75) is 32.6 Å². The van der Waals surface area contributed by atoms with Gasteiger partial charge in [-0.05, 0) is 34.2 Å². The highest BCUT2D eigenvalue weighted by Gasteiger charge is 2.26. The van der Waals surface area contributed by atoms with E-state index in [9.17, 15) is 0 Å². The molecule has 0 unspecified atom stereocenters.